The maximum atomic E-state index is 11.8. The maximum absolute atomic E-state index is 11.8. The molecule has 0 atom stereocenters. The van der Waals surface area contributed by atoms with Gasteiger partial charge in [0.15, 0.2) is 0 Å². The molecule has 2 nitrogen and oxygen atoms in total. The van der Waals surface area contributed by atoms with E-state index in [0.717, 1.165) is 10.6 Å². The van der Waals surface area contributed by atoms with Crippen LogP contribution in [-0.2, 0) is 6.54 Å². The van der Waals surface area contributed by atoms with Gasteiger partial charge in [0.1, 0.15) is 0 Å². The summed E-state index contributed by atoms with van der Waals surface area (Å²) in [6.07, 6.45) is -4.86. The lowest BCUT2D eigenvalue weighted by Crippen LogP contribution is -2.21. The van der Waals surface area contributed by atoms with E-state index in [4.69, 9.17) is 0 Å². The average Bonchev–Trinajstić information content (AvgIpc) is 2.44. The maximum Gasteiger partial charge on any atom is 0.390 e. The molecule has 0 aliphatic rings. The van der Waals surface area contributed by atoms with Crippen molar-refractivity contribution in [2.45, 2.75) is 26.1 Å². The second kappa shape index (κ2) is 4.75. The molecule has 1 heterocycles. The molecule has 6 heteroatoms. The third-order valence-electron chi connectivity index (χ3n) is 1.72. The number of nitrogens with zero attached hydrogens (tertiary/aromatic N) is 1. The molecule has 0 bridgehead atoms. The number of rotatable bonds is 4. The molecular formula is C8H11F3N2S. The Kier molecular flexibility index (Phi) is 3.88. The number of nitrogens with one attached hydrogen (secondary N) is 1. The minimum Gasteiger partial charge on any atom is -0.311 e. The Hall–Kier alpha value is -0.620. The molecule has 0 saturated carbocycles. The Balaban J connectivity index is 2.20. The number of hydrogen-bond acceptors (Lipinski definition) is 3. The first-order valence-corrected chi connectivity index (χ1v) is 5.03. The SMILES string of the molecule is Cc1ncsc1CNCCC(F)(F)F. The van der Waals surface area contributed by atoms with Gasteiger partial charge in [-0.2, -0.15) is 13.2 Å². The number of thiazole rings is 1. The summed E-state index contributed by atoms with van der Waals surface area (Å²) in [4.78, 5) is 4.99. The molecule has 1 N–H and O–H groups in total. The molecule has 0 unspecified atom stereocenters. The van der Waals surface area contributed by atoms with E-state index in [1.807, 2.05) is 6.92 Å². The van der Waals surface area contributed by atoms with Gasteiger partial charge in [0, 0.05) is 18.0 Å². The fourth-order valence-electron chi connectivity index (χ4n) is 0.928. The molecule has 80 valence electrons. The van der Waals surface area contributed by atoms with Crippen LogP contribution < -0.4 is 5.32 Å². The lowest BCUT2D eigenvalue weighted by molar-refractivity contribution is -0.133. The predicted molar refractivity (Wildman–Crippen MR) is 49.2 cm³/mol. The fraction of sp³-hybridized carbons (Fsp3) is 0.625. The molecule has 0 fully saturated rings. The summed E-state index contributed by atoms with van der Waals surface area (Å²) in [6, 6.07) is 0. The van der Waals surface area contributed by atoms with Crippen molar-refractivity contribution >= 4 is 11.3 Å². The normalized spacial score (nSPS) is 12.0. The van der Waals surface area contributed by atoms with Gasteiger partial charge < -0.3 is 5.32 Å². The summed E-state index contributed by atoms with van der Waals surface area (Å²) in [5.41, 5.74) is 2.57. The Morgan fingerprint density at radius 3 is 2.71 bits per heavy atom. The molecule has 0 amide bonds. The van der Waals surface area contributed by atoms with E-state index in [2.05, 4.69) is 10.3 Å². The Morgan fingerprint density at radius 1 is 1.50 bits per heavy atom. The monoisotopic (exact) mass is 224 g/mol. The topological polar surface area (TPSA) is 24.9 Å². The summed E-state index contributed by atoms with van der Waals surface area (Å²) in [5, 5.41) is 2.74. The zero-order chi connectivity index (χ0) is 10.6. The lowest BCUT2D eigenvalue weighted by atomic mass is 10.3. The first kappa shape index (κ1) is 11.5. The molecule has 0 aliphatic carbocycles. The van der Waals surface area contributed by atoms with E-state index in [1.54, 1.807) is 5.51 Å². The molecule has 1 aromatic heterocycles. The third kappa shape index (κ3) is 4.06. The van der Waals surface area contributed by atoms with E-state index >= 15 is 0 Å². The quantitative estimate of drug-likeness (QED) is 0.795. The van der Waals surface area contributed by atoms with Crippen LogP contribution in [-0.4, -0.2) is 17.7 Å². The molecule has 0 saturated heterocycles. The van der Waals surface area contributed by atoms with Crippen LogP contribution in [0.4, 0.5) is 13.2 Å². The summed E-state index contributed by atoms with van der Waals surface area (Å²) >= 11 is 1.45. The largest absolute Gasteiger partial charge is 0.390 e. The summed E-state index contributed by atoms with van der Waals surface area (Å²) in [5.74, 6) is 0. The molecule has 14 heavy (non-hydrogen) atoms. The van der Waals surface area contributed by atoms with Crippen LogP contribution in [0.25, 0.3) is 0 Å². The Morgan fingerprint density at radius 2 is 2.21 bits per heavy atom. The Labute approximate surface area is 84.2 Å². The second-order valence-electron chi connectivity index (χ2n) is 2.90. The van der Waals surface area contributed by atoms with Gasteiger partial charge in [0.05, 0.1) is 17.6 Å². The summed E-state index contributed by atoms with van der Waals surface area (Å²) in [7, 11) is 0. The van der Waals surface area contributed by atoms with Crippen molar-refractivity contribution in [2.75, 3.05) is 6.54 Å². The standard InChI is InChI=1S/C8H11F3N2S/c1-6-7(14-5-13-6)4-12-3-2-8(9,10)11/h5,12H,2-4H2,1H3. The van der Waals surface area contributed by atoms with E-state index in [1.165, 1.54) is 11.3 Å². The highest BCUT2D eigenvalue weighted by atomic mass is 32.1. The van der Waals surface area contributed by atoms with Gasteiger partial charge in [-0.3, -0.25) is 0 Å². The van der Waals surface area contributed by atoms with Crippen molar-refractivity contribution in [3.05, 3.63) is 16.1 Å². The lowest BCUT2D eigenvalue weighted by Gasteiger charge is -2.06. The van der Waals surface area contributed by atoms with Crippen LogP contribution in [0.15, 0.2) is 5.51 Å². The number of halogens is 3. The van der Waals surface area contributed by atoms with Crippen molar-refractivity contribution in [3.8, 4) is 0 Å². The molecular weight excluding hydrogens is 213 g/mol. The minimum absolute atomic E-state index is 0.0408. The summed E-state index contributed by atoms with van der Waals surface area (Å²) in [6.45, 7) is 2.27. The van der Waals surface area contributed by atoms with Gasteiger partial charge in [-0.05, 0) is 6.92 Å². The van der Waals surface area contributed by atoms with Gasteiger partial charge >= 0.3 is 6.18 Å². The van der Waals surface area contributed by atoms with E-state index in [-0.39, 0.29) is 6.54 Å². The van der Waals surface area contributed by atoms with Crippen molar-refractivity contribution in [1.82, 2.24) is 10.3 Å². The van der Waals surface area contributed by atoms with Crippen LogP contribution in [0.5, 0.6) is 0 Å². The minimum atomic E-state index is -4.07. The van der Waals surface area contributed by atoms with E-state index in [0.29, 0.717) is 6.54 Å². The number of hydrogen-bond donors (Lipinski definition) is 1. The van der Waals surface area contributed by atoms with Crippen LogP contribution in [0, 0.1) is 6.92 Å². The van der Waals surface area contributed by atoms with Crippen molar-refractivity contribution in [3.63, 3.8) is 0 Å². The predicted octanol–water partition coefficient (Wildman–Crippen LogP) is 2.49. The van der Waals surface area contributed by atoms with Gasteiger partial charge in [-0.25, -0.2) is 4.98 Å². The third-order valence-corrected chi connectivity index (χ3v) is 2.65. The molecule has 1 rings (SSSR count). The van der Waals surface area contributed by atoms with Crippen molar-refractivity contribution in [1.29, 1.82) is 0 Å². The number of aromatic nitrogens is 1. The smallest absolute Gasteiger partial charge is 0.311 e. The van der Waals surface area contributed by atoms with Crippen molar-refractivity contribution < 1.29 is 13.2 Å². The van der Waals surface area contributed by atoms with Crippen LogP contribution in [0.3, 0.4) is 0 Å². The zero-order valence-electron chi connectivity index (χ0n) is 7.69. The van der Waals surface area contributed by atoms with Gasteiger partial charge in [-0.1, -0.05) is 0 Å². The first-order chi connectivity index (χ1) is 6.49. The van der Waals surface area contributed by atoms with Gasteiger partial charge in [0.25, 0.3) is 0 Å². The highest BCUT2D eigenvalue weighted by Gasteiger charge is 2.25. The highest BCUT2D eigenvalue weighted by molar-refractivity contribution is 7.09. The van der Waals surface area contributed by atoms with Crippen LogP contribution in [0.2, 0.25) is 0 Å². The first-order valence-electron chi connectivity index (χ1n) is 4.15. The molecule has 0 aromatic carbocycles. The van der Waals surface area contributed by atoms with Crippen LogP contribution in [0.1, 0.15) is 17.0 Å². The zero-order valence-corrected chi connectivity index (χ0v) is 8.50. The molecule has 0 radical (unpaired) electrons. The molecule has 1 aromatic rings. The summed E-state index contributed by atoms with van der Waals surface area (Å²) < 4.78 is 35.3. The van der Waals surface area contributed by atoms with Crippen molar-refractivity contribution in [2.24, 2.45) is 0 Å². The molecule has 0 spiro atoms. The number of aryl methyl sites for hydroxylation is 1. The second-order valence-corrected chi connectivity index (χ2v) is 3.84. The Bertz CT molecular complexity index is 282. The number of alkyl halides is 3. The molecule has 0 aliphatic heterocycles. The highest BCUT2D eigenvalue weighted by Crippen LogP contribution is 2.18. The fourth-order valence-corrected chi connectivity index (χ4v) is 1.67. The van der Waals surface area contributed by atoms with Gasteiger partial charge in [-0.15, -0.1) is 11.3 Å². The van der Waals surface area contributed by atoms with Crippen LogP contribution >= 0.6 is 11.3 Å². The van der Waals surface area contributed by atoms with E-state index < -0.39 is 12.6 Å². The van der Waals surface area contributed by atoms with E-state index in [9.17, 15) is 13.2 Å². The van der Waals surface area contributed by atoms with Gasteiger partial charge in [0.2, 0.25) is 0 Å². The average molecular weight is 224 g/mol.